The lowest BCUT2D eigenvalue weighted by Gasteiger charge is -2.39. The second-order valence-corrected chi connectivity index (χ2v) is 4.62. The fourth-order valence-corrected chi connectivity index (χ4v) is 2.26. The van der Waals surface area contributed by atoms with Gasteiger partial charge in [-0.05, 0) is 12.1 Å². The topological polar surface area (TPSA) is 96.6 Å². The quantitative estimate of drug-likeness (QED) is 0.767. The number of carbonyl (C=O) groups excluding carboxylic acids is 3. The van der Waals surface area contributed by atoms with Gasteiger partial charge in [0.15, 0.2) is 0 Å². The van der Waals surface area contributed by atoms with Crippen LogP contribution in [0.3, 0.4) is 0 Å². The average molecular weight is 276 g/mol. The van der Waals surface area contributed by atoms with Crippen molar-refractivity contribution >= 4 is 17.7 Å². The van der Waals surface area contributed by atoms with Gasteiger partial charge in [-0.3, -0.25) is 19.4 Å². The largest absolute Gasteiger partial charge is 0.368 e. The van der Waals surface area contributed by atoms with Crippen molar-refractivity contribution in [2.45, 2.75) is 13.0 Å². The number of hydrogen-bond donors (Lipinski definition) is 1. The SMILES string of the molecule is CC(=O)N1CCN(C(=O)c2cccnc2)C[C@@H]1C(N)=O. The molecule has 1 aliphatic heterocycles. The van der Waals surface area contributed by atoms with Crippen molar-refractivity contribution in [3.8, 4) is 0 Å². The zero-order valence-electron chi connectivity index (χ0n) is 11.2. The van der Waals surface area contributed by atoms with Crippen LogP contribution in [0.15, 0.2) is 24.5 Å². The van der Waals surface area contributed by atoms with Crippen LogP contribution >= 0.6 is 0 Å². The standard InChI is InChI=1S/C13H16N4O3/c1-9(18)17-6-5-16(8-11(17)12(14)19)13(20)10-3-2-4-15-7-10/h2-4,7,11H,5-6,8H2,1H3,(H2,14,19)/t11-/m1/s1. The summed E-state index contributed by atoms with van der Waals surface area (Å²) in [6, 6.07) is 2.55. The maximum atomic E-state index is 12.3. The number of primary amides is 1. The van der Waals surface area contributed by atoms with E-state index in [0.717, 1.165) is 0 Å². The molecule has 20 heavy (non-hydrogen) atoms. The molecular formula is C13H16N4O3. The first-order valence-electron chi connectivity index (χ1n) is 6.26. The summed E-state index contributed by atoms with van der Waals surface area (Å²) in [5.41, 5.74) is 5.76. The molecule has 3 amide bonds. The normalized spacial score (nSPS) is 18.8. The van der Waals surface area contributed by atoms with Crippen molar-refractivity contribution in [2.75, 3.05) is 19.6 Å². The van der Waals surface area contributed by atoms with E-state index in [1.165, 1.54) is 22.9 Å². The van der Waals surface area contributed by atoms with E-state index in [9.17, 15) is 14.4 Å². The van der Waals surface area contributed by atoms with E-state index < -0.39 is 11.9 Å². The van der Waals surface area contributed by atoms with Crippen LogP contribution in [0.25, 0.3) is 0 Å². The molecule has 0 unspecified atom stereocenters. The van der Waals surface area contributed by atoms with Crippen LogP contribution < -0.4 is 5.73 Å². The lowest BCUT2D eigenvalue weighted by atomic mass is 10.1. The maximum Gasteiger partial charge on any atom is 0.255 e. The summed E-state index contributed by atoms with van der Waals surface area (Å²) in [6.07, 6.45) is 3.05. The fourth-order valence-electron chi connectivity index (χ4n) is 2.26. The van der Waals surface area contributed by atoms with E-state index in [1.54, 1.807) is 18.3 Å². The number of nitrogens with zero attached hydrogens (tertiary/aromatic N) is 3. The highest BCUT2D eigenvalue weighted by Gasteiger charge is 2.34. The molecule has 1 aliphatic rings. The van der Waals surface area contributed by atoms with E-state index in [-0.39, 0.29) is 18.4 Å². The highest BCUT2D eigenvalue weighted by molar-refractivity contribution is 5.95. The van der Waals surface area contributed by atoms with E-state index in [0.29, 0.717) is 18.7 Å². The third kappa shape index (κ3) is 2.76. The molecule has 0 aromatic carbocycles. The average Bonchev–Trinajstić information content (AvgIpc) is 2.46. The van der Waals surface area contributed by atoms with E-state index >= 15 is 0 Å². The molecule has 1 atom stereocenters. The van der Waals surface area contributed by atoms with E-state index in [2.05, 4.69) is 4.98 Å². The molecule has 7 heteroatoms. The first kappa shape index (κ1) is 14.0. The first-order chi connectivity index (χ1) is 9.50. The Bertz CT molecular complexity index is 532. The zero-order chi connectivity index (χ0) is 14.7. The van der Waals surface area contributed by atoms with Crippen molar-refractivity contribution in [3.63, 3.8) is 0 Å². The summed E-state index contributed by atoms with van der Waals surface area (Å²) >= 11 is 0. The molecule has 1 fully saturated rings. The molecule has 1 saturated heterocycles. The number of piperazine rings is 1. The Balaban J connectivity index is 2.15. The van der Waals surface area contributed by atoms with Crippen molar-refractivity contribution in [1.82, 2.24) is 14.8 Å². The van der Waals surface area contributed by atoms with Crippen LogP contribution in [0.2, 0.25) is 0 Å². The molecule has 0 spiro atoms. The first-order valence-corrected chi connectivity index (χ1v) is 6.26. The molecule has 0 bridgehead atoms. The van der Waals surface area contributed by atoms with Crippen LogP contribution in [-0.4, -0.2) is 58.2 Å². The van der Waals surface area contributed by atoms with Gasteiger partial charge in [0.1, 0.15) is 6.04 Å². The molecule has 2 N–H and O–H groups in total. The van der Waals surface area contributed by atoms with Crippen molar-refractivity contribution < 1.29 is 14.4 Å². The zero-order valence-corrected chi connectivity index (χ0v) is 11.2. The molecule has 0 radical (unpaired) electrons. The van der Waals surface area contributed by atoms with Crippen LogP contribution in [-0.2, 0) is 9.59 Å². The van der Waals surface area contributed by atoms with Gasteiger partial charge in [0.05, 0.1) is 12.1 Å². The summed E-state index contributed by atoms with van der Waals surface area (Å²) in [5, 5.41) is 0. The number of rotatable bonds is 2. The number of carbonyl (C=O) groups is 3. The molecular weight excluding hydrogens is 260 g/mol. The predicted molar refractivity (Wildman–Crippen MR) is 70.5 cm³/mol. The summed E-state index contributed by atoms with van der Waals surface area (Å²) in [6.45, 7) is 2.17. The third-order valence-electron chi connectivity index (χ3n) is 3.31. The molecule has 7 nitrogen and oxygen atoms in total. The van der Waals surface area contributed by atoms with Gasteiger partial charge in [0, 0.05) is 32.4 Å². The molecule has 2 heterocycles. The van der Waals surface area contributed by atoms with Crippen LogP contribution in [0.5, 0.6) is 0 Å². The Labute approximate surface area is 116 Å². The summed E-state index contributed by atoms with van der Waals surface area (Å²) in [7, 11) is 0. The number of aromatic nitrogens is 1. The van der Waals surface area contributed by atoms with Gasteiger partial charge in [0.25, 0.3) is 5.91 Å². The minimum Gasteiger partial charge on any atom is -0.368 e. The highest BCUT2D eigenvalue weighted by Crippen LogP contribution is 2.13. The van der Waals surface area contributed by atoms with Gasteiger partial charge in [0.2, 0.25) is 11.8 Å². The molecule has 0 aliphatic carbocycles. The predicted octanol–water partition coefficient (Wildman–Crippen LogP) is -0.760. The molecule has 1 aromatic rings. The minimum absolute atomic E-state index is 0.114. The summed E-state index contributed by atoms with van der Waals surface area (Å²) < 4.78 is 0. The molecule has 106 valence electrons. The fraction of sp³-hybridized carbons (Fsp3) is 0.385. The summed E-state index contributed by atoms with van der Waals surface area (Å²) in [4.78, 5) is 42.0. The van der Waals surface area contributed by atoms with Gasteiger partial charge >= 0.3 is 0 Å². The van der Waals surface area contributed by atoms with Crippen molar-refractivity contribution in [1.29, 1.82) is 0 Å². The molecule has 1 aromatic heterocycles. The van der Waals surface area contributed by atoms with Crippen LogP contribution in [0.1, 0.15) is 17.3 Å². The second kappa shape index (κ2) is 5.68. The number of pyridine rings is 1. The smallest absolute Gasteiger partial charge is 0.255 e. The third-order valence-corrected chi connectivity index (χ3v) is 3.31. The Morgan fingerprint density at radius 1 is 1.35 bits per heavy atom. The second-order valence-electron chi connectivity index (χ2n) is 4.62. The number of nitrogens with two attached hydrogens (primary N) is 1. The lowest BCUT2D eigenvalue weighted by Crippen LogP contribution is -2.60. The van der Waals surface area contributed by atoms with Gasteiger partial charge < -0.3 is 15.5 Å². The van der Waals surface area contributed by atoms with Gasteiger partial charge in [-0.2, -0.15) is 0 Å². The Morgan fingerprint density at radius 2 is 2.10 bits per heavy atom. The number of hydrogen-bond acceptors (Lipinski definition) is 4. The Morgan fingerprint density at radius 3 is 2.65 bits per heavy atom. The molecule has 0 saturated carbocycles. The van der Waals surface area contributed by atoms with Crippen molar-refractivity contribution in [2.24, 2.45) is 5.73 Å². The van der Waals surface area contributed by atoms with Gasteiger partial charge in [-0.15, -0.1) is 0 Å². The maximum absolute atomic E-state index is 12.3. The Hall–Kier alpha value is -2.44. The molecule has 2 rings (SSSR count). The van der Waals surface area contributed by atoms with Gasteiger partial charge in [-0.1, -0.05) is 0 Å². The van der Waals surface area contributed by atoms with E-state index in [4.69, 9.17) is 5.73 Å². The van der Waals surface area contributed by atoms with Crippen LogP contribution in [0.4, 0.5) is 0 Å². The summed E-state index contributed by atoms with van der Waals surface area (Å²) in [5.74, 6) is -1.04. The van der Waals surface area contributed by atoms with E-state index in [1.807, 2.05) is 0 Å². The minimum atomic E-state index is -0.776. The van der Waals surface area contributed by atoms with Gasteiger partial charge in [-0.25, -0.2) is 0 Å². The Kier molecular flexibility index (Phi) is 3.97. The van der Waals surface area contributed by atoms with Crippen LogP contribution in [0, 0.1) is 0 Å². The highest BCUT2D eigenvalue weighted by atomic mass is 16.2. The monoisotopic (exact) mass is 276 g/mol. The number of amides is 3. The van der Waals surface area contributed by atoms with Crippen molar-refractivity contribution in [3.05, 3.63) is 30.1 Å². The lowest BCUT2D eigenvalue weighted by molar-refractivity contribution is -0.140.